The summed E-state index contributed by atoms with van der Waals surface area (Å²) >= 11 is 6.30. The normalized spacial score (nSPS) is 21.0. The summed E-state index contributed by atoms with van der Waals surface area (Å²) in [6.07, 6.45) is 1.87. The average molecular weight is 483 g/mol. The first-order valence-electron chi connectivity index (χ1n) is 7.17. The molecule has 138 valence electrons. The van der Waals surface area contributed by atoms with Crippen molar-refractivity contribution in [3.05, 3.63) is 8.96 Å². The lowest BCUT2D eigenvalue weighted by Crippen LogP contribution is -2.40. The van der Waals surface area contributed by atoms with Crippen LogP contribution in [0.1, 0.15) is 19.8 Å². The molecule has 0 spiro atoms. The van der Waals surface area contributed by atoms with Gasteiger partial charge in [0.15, 0.2) is 0 Å². The molecule has 2 saturated heterocycles. The molecular weight excluding hydrogens is 466 g/mol. The van der Waals surface area contributed by atoms with Gasteiger partial charge >= 0.3 is 0 Å². The third-order valence-electron chi connectivity index (χ3n) is 3.37. The third kappa shape index (κ3) is 5.44. The largest absolute Gasteiger partial charge is 0.303 e. The lowest BCUT2D eigenvalue weighted by molar-refractivity contribution is -0.179. The van der Waals surface area contributed by atoms with E-state index < -0.39 is 0 Å². The number of aldehydes is 1. The summed E-state index contributed by atoms with van der Waals surface area (Å²) in [6, 6.07) is 0. The van der Waals surface area contributed by atoms with Crippen LogP contribution in [0.2, 0.25) is 0 Å². The minimum Gasteiger partial charge on any atom is -0.303 e. The van der Waals surface area contributed by atoms with E-state index in [2.05, 4.69) is 36.7 Å². The lowest BCUT2D eigenvalue weighted by Gasteiger charge is -2.23. The van der Waals surface area contributed by atoms with E-state index in [9.17, 15) is 24.0 Å². The fourth-order valence-corrected chi connectivity index (χ4v) is 2.50. The highest BCUT2D eigenvalue weighted by atomic mass is 79.9. The number of hydroxylamine groups is 2. The van der Waals surface area contributed by atoms with E-state index in [4.69, 9.17) is 0 Å². The number of rotatable bonds is 4. The number of allylic oxidation sites excluding steroid dienone is 1. The molecule has 0 N–H and O–H groups in total. The number of carbonyl (C=O) groups excluding carboxylic acids is 5. The molecule has 2 aliphatic rings. The van der Waals surface area contributed by atoms with Crippen LogP contribution in [-0.2, 0) is 28.8 Å². The average Bonchev–Trinajstić information content (AvgIpc) is 3.16. The van der Waals surface area contributed by atoms with Gasteiger partial charge in [0, 0.05) is 17.3 Å². The van der Waals surface area contributed by atoms with Gasteiger partial charge in [-0.25, -0.2) is 5.01 Å². The van der Waals surface area contributed by atoms with E-state index in [0.29, 0.717) is 15.4 Å². The Hall–Kier alpha value is -1.59. The summed E-state index contributed by atoms with van der Waals surface area (Å²) in [4.78, 5) is 58.9. The Morgan fingerprint density at radius 1 is 1.16 bits per heavy atom. The number of carbonyl (C=O) groups is 5. The van der Waals surface area contributed by atoms with Crippen LogP contribution in [0, 0.1) is 5.92 Å². The van der Waals surface area contributed by atoms with E-state index >= 15 is 0 Å². The molecule has 0 aliphatic carbocycles. The van der Waals surface area contributed by atoms with E-state index in [-0.39, 0.29) is 49.6 Å². The van der Waals surface area contributed by atoms with Crippen molar-refractivity contribution in [2.45, 2.75) is 19.8 Å². The Labute approximate surface area is 161 Å². The second kappa shape index (κ2) is 9.78. The van der Waals surface area contributed by atoms with Crippen molar-refractivity contribution < 1.29 is 28.8 Å². The Morgan fingerprint density at radius 2 is 1.72 bits per heavy atom. The summed E-state index contributed by atoms with van der Waals surface area (Å²) in [5.41, 5.74) is 0. The Morgan fingerprint density at radius 3 is 2.08 bits per heavy atom. The fraction of sp³-hybridized carbons (Fsp3) is 0.500. The van der Waals surface area contributed by atoms with Gasteiger partial charge in [0.2, 0.25) is 6.41 Å². The zero-order valence-corrected chi connectivity index (χ0v) is 16.8. The second-order valence-corrected chi connectivity index (χ2v) is 7.11. The standard InChI is InChI=1S/C9H10Br2N2O3.C5H7NO3/c1-6(10)8(11)9(16)13-3-7(4-14)2-12(13)5-15;1-9-6-4(7)2-3-5(6)8/h4-5,7H,2-3H2,1H3;2-3H2,1H3/b8-6-;. The van der Waals surface area contributed by atoms with Crippen LogP contribution in [0.5, 0.6) is 0 Å². The van der Waals surface area contributed by atoms with Crippen LogP contribution in [-0.4, -0.2) is 65.7 Å². The number of hydrogen-bond donors (Lipinski definition) is 0. The van der Waals surface area contributed by atoms with Gasteiger partial charge in [-0.2, -0.15) is 5.06 Å². The molecule has 2 fully saturated rings. The summed E-state index contributed by atoms with van der Waals surface area (Å²) < 4.78 is 0.976. The Kier molecular flexibility index (Phi) is 8.39. The lowest BCUT2D eigenvalue weighted by atomic mass is 10.2. The maximum absolute atomic E-state index is 11.9. The monoisotopic (exact) mass is 481 g/mol. The van der Waals surface area contributed by atoms with Gasteiger partial charge in [0.05, 0.1) is 30.6 Å². The predicted octanol–water partition coefficient (Wildman–Crippen LogP) is 0.735. The summed E-state index contributed by atoms with van der Waals surface area (Å²) in [5.74, 6) is -1.15. The molecule has 0 bridgehead atoms. The molecule has 0 aromatic heterocycles. The first kappa shape index (κ1) is 21.5. The van der Waals surface area contributed by atoms with Crippen LogP contribution in [0.25, 0.3) is 0 Å². The molecule has 2 aliphatic heterocycles. The third-order valence-corrected chi connectivity index (χ3v) is 5.23. The van der Waals surface area contributed by atoms with Crippen molar-refractivity contribution in [3.8, 4) is 0 Å². The maximum atomic E-state index is 11.9. The number of halogens is 2. The predicted molar refractivity (Wildman–Crippen MR) is 92.7 cm³/mol. The zero-order chi connectivity index (χ0) is 19.1. The van der Waals surface area contributed by atoms with Crippen LogP contribution in [0.3, 0.4) is 0 Å². The topological polar surface area (TPSA) is 104 Å². The summed E-state index contributed by atoms with van der Waals surface area (Å²) in [6.45, 7) is 2.19. The SMILES string of the molecule is C/C(Br)=C(/Br)C(=O)N1CC(C=O)CN1C=O.CON1C(=O)CCC1=O. The molecule has 1 atom stereocenters. The van der Waals surface area contributed by atoms with Crippen LogP contribution < -0.4 is 0 Å². The first-order chi connectivity index (χ1) is 11.8. The second-order valence-electron chi connectivity index (χ2n) is 5.12. The minimum atomic E-state index is -0.342. The maximum Gasteiger partial charge on any atom is 0.280 e. The molecule has 0 radical (unpaired) electrons. The van der Waals surface area contributed by atoms with Crippen molar-refractivity contribution in [1.82, 2.24) is 15.1 Å². The zero-order valence-electron chi connectivity index (χ0n) is 13.6. The molecule has 0 aromatic carbocycles. The van der Waals surface area contributed by atoms with Gasteiger partial charge in [-0.05, 0) is 22.9 Å². The first-order valence-corrected chi connectivity index (χ1v) is 8.76. The molecular formula is C14H17Br2N3O6. The molecule has 1 unspecified atom stereocenters. The van der Waals surface area contributed by atoms with E-state index in [0.717, 1.165) is 11.3 Å². The molecule has 2 heterocycles. The number of hydrazine groups is 1. The number of nitrogens with zero attached hydrogens (tertiary/aromatic N) is 3. The smallest absolute Gasteiger partial charge is 0.280 e. The molecule has 2 rings (SSSR count). The highest BCUT2D eigenvalue weighted by Gasteiger charge is 2.33. The van der Waals surface area contributed by atoms with Crippen molar-refractivity contribution in [2.75, 3.05) is 20.2 Å². The fourth-order valence-electron chi connectivity index (χ4n) is 2.13. The van der Waals surface area contributed by atoms with Crippen LogP contribution >= 0.6 is 31.9 Å². The Balaban J connectivity index is 0.000000293. The molecule has 9 nitrogen and oxygen atoms in total. The van der Waals surface area contributed by atoms with Gasteiger partial charge in [0.25, 0.3) is 17.7 Å². The quantitative estimate of drug-likeness (QED) is 0.332. The Bertz CT molecular complexity index is 589. The summed E-state index contributed by atoms with van der Waals surface area (Å²) in [7, 11) is 1.31. The van der Waals surface area contributed by atoms with Crippen molar-refractivity contribution in [1.29, 1.82) is 0 Å². The minimum absolute atomic E-state index is 0.233. The van der Waals surface area contributed by atoms with E-state index in [1.54, 1.807) is 6.92 Å². The van der Waals surface area contributed by atoms with Crippen molar-refractivity contribution in [3.63, 3.8) is 0 Å². The molecule has 11 heteroatoms. The number of hydrogen-bond acceptors (Lipinski definition) is 6. The van der Waals surface area contributed by atoms with Gasteiger partial charge in [0.1, 0.15) is 6.29 Å². The number of imide groups is 1. The number of amides is 4. The van der Waals surface area contributed by atoms with E-state index in [1.165, 1.54) is 17.1 Å². The van der Waals surface area contributed by atoms with Crippen LogP contribution in [0.4, 0.5) is 0 Å². The highest BCUT2D eigenvalue weighted by molar-refractivity contribution is 9.14. The summed E-state index contributed by atoms with van der Waals surface area (Å²) in [5, 5.41) is 3.25. The highest BCUT2D eigenvalue weighted by Crippen LogP contribution is 2.23. The molecule has 0 aromatic rings. The van der Waals surface area contributed by atoms with Crippen LogP contribution in [0.15, 0.2) is 8.96 Å². The van der Waals surface area contributed by atoms with Crippen molar-refractivity contribution >= 4 is 62.3 Å². The van der Waals surface area contributed by atoms with Gasteiger partial charge in [-0.15, -0.1) is 0 Å². The van der Waals surface area contributed by atoms with Gasteiger partial charge < -0.3 is 4.79 Å². The van der Waals surface area contributed by atoms with Gasteiger partial charge in [-0.1, -0.05) is 15.9 Å². The molecule has 4 amide bonds. The van der Waals surface area contributed by atoms with Gasteiger partial charge in [-0.3, -0.25) is 29.0 Å². The van der Waals surface area contributed by atoms with E-state index in [1.807, 2.05) is 0 Å². The molecule has 25 heavy (non-hydrogen) atoms. The van der Waals surface area contributed by atoms with Crippen molar-refractivity contribution in [2.24, 2.45) is 5.92 Å². The molecule has 0 saturated carbocycles.